The van der Waals surface area contributed by atoms with Gasteiger partial charge in [-0.2, -0.15) is 0 Å². The summed E-state index contributed by atoms with van der Waals surface area (Å²) >= 11 is 5.97. The number of ether oxygens (including phenoxy) is 1. The second-order valence-corrected chi connectivity index (χ2v) is 8.83. The van der Waals surface area contributed by atoms with Crippen molar-refractivity contribution in [2.45, 2.75) is 45.4 Å². The van der Waals surface area contributed by atoms with Crippen LogP contribution in [0.1, 0.15) is 38.3 Å². The van der Waals surface area contributed by atoms with Crippen molar-refractivity contribution in [3.63, 3.8) is 0 Å². The van der Waals surface area contributed by atoms with E-state index in [1.807, 2.05) is 69.3 Å². The highest BCUT2D eigenvalue weighted by molar-refractivity contribution is 6.30. The van der Waals surface area contributed by atoms with Crippen molar-refractivity contribution in [3.05, 3.63) is 64.7 Å². The largest absolute Gasteiger partial charge is 0.497 e. The van der Waals surface area contributed by atoms with Crippen molar-refractivity contribution in [1.82, 2.24) is 10.2 Å². The Labute approximate surface area is 182 Å². The first-order valence-corrected chi connectivity index (χ1v) is 10.3. The van der Waals surface area contributed by atoms with E-state index in [1.54, 1.807) is 12.0 Å². The van der Waals surface area contributed by atoms with Gasteiger partial charge in [-0.05, 0) is 56.2 Å². The van der Waals surface area contributed by atoms with Gasteiger partial charge >= 0.3 is 6.03 Å². The number of carbonyl (C=O) groups is 1. The topological polar surface area (TPSA) is 63.2 Å². The minimum Gasteiger partial charge on any atom is -0.497 e. The number of rotatable bonds is 6. The summed E-state index contributed by atoms with van der Waals surface area (Å²) in [6, 6.07) is 15.1. The third-order valence-electron chi connectivity index (χ3n) is 4.61. The predicted molar refractivity (Wildman–Crippen MR) is 119 cm³/mol. The third kappa shape index (κ3) is 6.13. The van der Waals surface area contributed by atoms with Crippen LogP contribution in [0.5, 0.6) is 5.75 Å². The van der Waals surface area contributed by atoms with Crippen LogP contribution in [-0.2, 0) is 11.4 Å². The fourth-order valence-electron chi connectivity index (χ4n) is 3.20. The van der Waals surface area contributed by atoms with E-state index in [1.165, 1.54) is 0 Å². The number of methoxy groups -OCH3 is 1. The molecule has 30 heavy (non-hydrogen) atoms. The summed E-state index contributed by atoms with van der Waals surface area (Å²) in [4.78, 5) is 20.4. The molecule has 0 saturated carbocycles. The molecule has 0 bridgehead atoms. The summed E-state index contributed by atoms with van der Waals surface area (Å²) in [6.07, 6.45) is 0.408. The first-order valence-electron chi connectivity index (χ1n) is 9.92. The number of nitrogens with one attached hydrogen (secondary N) is 1. The molecule has 7 heteroatoms. The molecule has 2 aromatic carbocycles. The van der Waals surface area contributed by atoms with Crippen molar-refractivity contribution in [1.29, 1.82) is 0 Å². The average molecular weight is 430 g/mol. The van der Waals surface area contributed by atoms with Crippen LogP contribution in [0.2, 0.25) is 5.02 Å². The number of benzene rings is 2. The van der Waals surface area contributed by atoms with Crippen LogP contribution in [0, 0.1) is 0 Å². The van der Waals surface area contributed by atoms with Gasteiger partial charge in [0.25, 0.3) is 0 Å². The van der Waals surface area contributed by atoms with E-state index >= 15 is 0 Å². The van der Waals surface area contributed by atoms with E-state index < -0.39 is 0 Å². The molecule has 0 radical (unpaired) electrons. The minimum absolute atomic E-state index is 0.145. The summed E-state index contributed by atoms with van der Waals surface area (Å²) in [5.41, 5.74) is 2.47. The highest BCUT2D eigenvalue weighted by Gasteiger charge is 2.28. The van der Waals surface area contributed by atoms with E-state index in [4.69, 9.17) is 21.2 Å². The smallest absolute Gasteiger partial charge is 0.318 e. The maximum absolute atomic E-state index is 13.0. The molecule has 0 spiro atoms. The van der Waals surface area contributed by atoms with Crippen LogP contribution in [0.15, 0.2) is 53.7 Å². The zero-order chi connectivity index (χ0) is 21.7. The van der Waals surface area contributed by atoms with E-state index in [0.29, 0.717) is 24.5 Å². The van der Waals surface area contributed by atoms with E-state index in [9.17, 15) is 4.79 Å². The van der Waals surface area contributed by atoms with Gasteiger partial charge in [0.15, 0.2) is 6.10 Å². The summed E-state index contributed by atoms with van der Waals surface area (Å²) in [6.45, 7) is 6.74. The third-order valence-corrected chi connectivity index (χ3v) is 4.86. The molecule has 6 nitrogen and oxygen atoms in total. The summed E-state index contributed by atoms with van der Waals surface area (Å²) < 4.78 is 5.31. The van der Waals surface area contributed by atoms with Gasteiger partial charge in [0.05, 0.1) is 19.4 Å². The van der Waals surface area contributed by atoms with Crippen LogP contribution in [0.3, 0.4) is 0 Å². The normalized spacial score (nSPS) is 15.9. The quantitative estimate of drug-likeness (QED) is 0.713. The average Bonchev–Trinajstić information content (AvgIpc) is 3.15. The molecule has 2 aromatic rings. The Bertz CT molecular complexity index is 907. The van der Waals surface area contributed by atoms with Crippen molar-refractivity contribution >= 4 is 23.3 Å². The Morgan fingerprint density at radius 1 is 1.27 bits per heavy atom. The zero-order valence-electron chi connectivity index (χ0n) is 17.8. The van der Waals surface area contributed by atoms with Gasteiger partial charge in [0, 0.05) is 23.5 Å². The Kier molecular flexibility index (Phi) is 6.87. The van der Waals surface area contributed by atoms with Crippen molar-refractivity contribution in [2.24, 2.45) is 5.16 Å². The van der Waals surface area contributed by atoms with Crippen LogP contribution < -0.4 is 10.1 Å². The fraction of sp³-hybridized carbons (Fsp3) is 0.391. The number of nitrogens with zero attached hydrogens (tertiary/aromatic N) is 2. The SMILES string of the molecule is COc1cccc(CN(C[C@@H]2CC(c3ccc(Cl)cc3)=NO2)C(=O)NC(C)(C)C)c1. The van der Waals surface area contributed by atoms with Gasteiger partial charge in [-0.15, -0.1) is 0 Å². The second kappa shape index (κ2) is 9.39. The molecule has 160 valence electrons. The number of urea groups is 1. The lowest BCUT2D eigenvalue weighted by Crippen LogP contribution is -2.50. The molecule has 1 aliphatic rings. The Morgan fingerprint density at radius 3 is 2.67 bits per heavy atom. The molecular formula is C23H28ClN3O3. The van der Waals surface area contributed by atoms with Crippen molar-refractivity contribution < 1.29 is 14.4 Å². The van der Waals surface area contributed by atoms with Gasteiger partial charge in [-0.25, -0.2) is 4.79 Å². The van der Waals surface area contributed by atoms with E-state index in [-0.39, 0.29) is 17.7 Å². The fourth-order valence-corrected chi connectivity index (χ4v) is 3.32. The maximum atomic E-state index is 13.0. The highest BCUT2D eigenvalue weighted by atomic mass is 35.5. The molecule has 1 heterocycles. The number of hydrogen-bond acceptors (Lipinski definition) is 4. The predicted octanol–water partition coefficient (Wildman–Crippen LogP) is 4.85. The molecule has 2 amide bonds. The zero-order valence-corrected chi connectivity index (χ0v) is 18.6. The molecule has 0 saturated heterocycles. The van der Waals surface area contributed by atoms with Gasteiger partial charge in [0.1, 0.15) is 5.75 Å². The number of halogens is 1. The monoisotopic (exact) mass is 429 g/mol. The highest BCUT2D eigenvalue weighted by Crippen LogP contribution is 2.21. The molecule has 1 atom stereocenters. The number of amides is 2. The van der Waals surface area contributed by atoms with Crippen molar-refractivity contribution in [3.8, 4) is 5.75 Å². The Morgan fingerprint density at radius 2 is 2.00 bits per heavy atom. The molecule has 3 rings (SSSR count). The lowest BCUT2D eigenvalue weighted by Gasteiger charge is -2.29. The summed E-state index contributed by atoms with van der Waals surface area (Å²) in [7, 11) is 1.63. The Balaban J connectivity index is 1.70. The van der Waals surface area contributed by atoms with Gasteiger partial charge in [0.2, 0.25) is 0 Å². The standard InChI is InChI=1S/C23H28ClN3O3/c1-23(2,3)25-22(28)27(14-16-6-5-7-19(12-16)29-4)15-20-13-21(26-30-20)17-8-10-18(24)11-9-17/h5-12,20H,13-15H2,1-4H3,(H,25,28)/t20-/m0/s1. The first-order chi connectivity index (χ1) is 14.2. The number of hydrogen-bond donors (Lipinski definition) is 1. The first kappa shape index (κ1) is 22.0. The lowest BCUT2D eigenvalue weighted by molar-refractivity contribution is 0.0580. The van der Waals surface area contributed by atoms with E-state index in [2.05, 4.69) is 10.5 Å². The van der Waals surface area contributed by atoms with Gasteiger partial charge in [-0.1, -0.05) is 41.0 Å². The molecular weight excluding hydrogens is 402 g/mol. The Hall–Kier alpha value is -2.73. The molecule has 0 fully saturated rings. The number of oxime groups is 1. The van der Waals surface area contributed by atoms with E-state index in [0.717, 1.165) is 22.6 Å². The van der Waals surface area contributed by atoms with Crippen LogP contribution in [0.4, 0.5) is 4.79 Å². The maximum Gasteiger partial charge on any atom is 0.318 e. The molecule has 0 unspecified atom stereocenters. The van der Waals surface area contributed by atoms with Gasteiger partial charge in [-0.3, -0.25) is 0 Å². The summed E-state index contributed by atoms with van der Waals surface area (Å²) in [5, 5.41) is 7.95. The molecule has 0 aromatic heterocycles. The molecule has 0 aliphatic carbocycles. The van der Waals surface area contributed by atoms with Crippen LogP contribution in [-0.4, -0.2) is 41.9 Å². The number of carbonyl (C=O) groups excluding carboxylic acids is 1. The van der Waals surface area contributed by atoms with Gasteiger partial charge < -0.3 is 19.8 Å². The second-order valence-electron chi connectivity index (χ2n) is 8.39. The van der Waals surface area contributed by atoms with Crippen LogP contribution >= 0.6 is 11.6 Å². The lowest BCUT2D eigenvalue weighted by atomic mass is 10.0. The molecule has 1 aliphatic heterocycles. The van der Waals surface area contributed by atoms with Crippen molar-refractivity contribution in [2.75, 3.05) is 13.7 Å². The summed E-state index contributed by atoms with van der Waals surface area (Å²) in [5.74, 6) is 0.758. The van der Waals surface area contributed by atoms with Crippen LogP contribution in [0.25, 0.3) is 0 Å². The minimum atomic E-state index is -0.342. The molecule has 1 N–H and O–H groups in total.